The fourth-order valence-electron chi connectivity index (χ4n) is 4.48. The molecule has 7 nitrogen and oxygen atoms in total. The highest BCUT2D eigenvalue weighted by Gasteiger charge is 2.29. The highest BCUT2D eigenvalue weighted by molar-refractivity contribution is 6.31. The van der Waals surface area contributed by atoms with Crippen molar-refractivity contribution in [2.45, 2.75) is 19.4 Å². The minimum atomic E-state index is -0.588. The second-order valence-corrected chi connectivity index (χ2v) is 9.29. The molecule has 3 aromatic carbocycles. The molecule has 38 heavy (non-hydrogen) atoms. The van der Waals surface area contributed by atoms with E-state index < -0.39 is 6.04 Å². The quantitative estimate of drug-likeness (QED) is 0.244. The third-order valence-electron chi connectivity index (χ3n) is 6.51. The smallest absolute Gasteiger partial charge is 0.290 e. The van der Waals surface area contributed by atoms with Crippen molar-refractivity contribution in [2.75, 3.05) is 13.7 Å². The predicted molar refractivity (Wildman–Crippen MR) is 147 cm³/mol. The van der Waals surface area contributed by atoms with E-state index in [2.05, 4.69) is 0 Å². The van der Waals surface area contributed by atoms with Gasteiger partial charge in [-0.25, -0.2) is 4.98 Å². The van der Waals surface area contributed by atoms with Crippen molar-refractivity contribution < 1.29 is 13.9 Å². The lowest BCUT2D eigenvalue weighted by Crippen LogP contribution is -2.38. The summed E-state index contributed by atoms with van der Waals surface area (Å²) in [7, 11) is 1.58. The van der Waals surface area contributed by atoms with Crippen molar-refractivity contribution in [3.63, 3.8) is 0 Å². The third-order valence-corrected chi connectivity index (χ3v) is 6.74. The summed E-state index contributed by atoms with van der Waals surface area (Å²) in [4.78, 5) is 34.1. The molecule has 8 heteroatoms. The monoisotopic (exact) mass is 527 g/mol. The fourth-order valence-corrected chi connectivity index (χ4v) is 4.65. The Labute approximate surface area is 224 Å². The van der Waals surface area contributed by atoms with Crippen LogP contribution in [0.3, 0.4) is 0 Å². The van der Waals surface area contributed by atoms with Crippen molar-refractivity contribution in [3.05, 3.63) is 124 Å². The van der Waals surface area contributed by atoms with Gasteiger partial charge in [-0.3, -0.25) is 14.2 Å². The normalized spacial score (nSPS) is 11.9. The van der Waals surface area contributed by atoms with E-state index in [4.69, 9.17) is 25.7 Å². The van der Waals surface area contributed by atoms with E-state index in [-0.39, 0.29) is 17.2 Å². The average Bonchev–Trinajstić information content (AvgIpc) is 3.48. The first-order valence-electron chi connectivity index (χ1n) is 12.2. The molecule has 2 aromatic heterocycles. The molecule has 0 aliphatic heterocycles. The maximum Gasteiger partial charge on any atom is 0.290 e. The molecule has 1 atom stereocenters. The van der Waals surface area contributed by atoms with Crippen LogP contribution in [0.4, 0.5) is 0 Å². The number of nitrogens with zero attached hydrogens (tertiary/aromatic N) is 3. The SMILES string of the molecule is COc1ccc(-n2c(C(C)N(CCc3ccccc3)C(=O)c3ccco3)nc3cc(Cl)ccc3c2=O)cc1. The molecular weight excluding hydrogens is 502 g/mol. The maximum atomic E-state index is 13.8. The number of benzene rings is 3. The molecule has 1 unspecified atom stereocenters. The van der Waals surface area contributed by atoms with Crippen LogP contribution in [-0.4, -0.2) is 34.0 Å². The van der Waals surface area contributed by atoms with Gasteiger partial charge in [0, 0.05) is 11.6 Å². The van der Waals surface area contributed by atoms with E-state index in [9.17, 15) is 9.59 Å². The first-order valence-corrected chi connectivity index (χ1v) is 12.6. The highest BCUT2D eigenvalue weighted by Crippen LogP contribution is 2.27. The van der Waals surface area contributed by atoms with Crippen molar-refractivity contribution in [1.29, 1.82) is 0 Å². The van der Waals surface area contributed by atoms with Crippen LogP contribution < -0.4 is 10.3 Å². The van der Waals surface area contributed by atoms with Crippen molar-refractivity contribution in [1.82, 2.24) is 14.5 Å². The molecule has 0 bridgehead atoms. The van der Waals surface area contributed by atoms with Gasteiger partial charge in [0.2, 0.25) is 0 Å². The standard InChI is InChI=1S/C30H26ClN3O4/c1-20(33(30(36)27-9-6-18-38-27)17-16-21-7-4-3-5-8-21)28-32-26-19-22(31)10-15-25(26)29(35)34(28)23-11-13-24(37-2)14-12-23/h3-15,18-20H,16-17H2,1-2H3. The van der Waals surface area contributed by atoms with Gasteiger partial charge in [0.25, 0.3) is 11.5 Å². The summed E-state index contributed by atoms with van der Waals surface area (Å²) in [6.45, 7) is 2.25. The van der Waals surface area contributed by atoms with Crippen LogP contribution in [0.15, 0.2) is 100 Å². The molecular formula is C30H26ClN3O4. The molecule has 0 fully saturated rings. The van der Waals surface area contributed by atoms with E-state index in [0.717, 1.165) is 5.56 Å². The number of aromatic nitrogens is 2. The molecule has 0 aliphatic carbocycles. The molecule has 0 radical (unpaired) electrons. The minimum Gasteiger partial charge on any atom is -0.497 e. The summed E-state index contributed by atoms with van der Waals surface area (Å²) < 4.78 is 12.3. The van der Waals surface area contributed by atoms with Crippen LogP contribution in [0.5, 0.6) is 5.75 Å². The molecule has 1 amide bonds. The Balaban J connectivity index is 1.65. The zero-order chi connectivity index (χ0) is 26.6. The van der Waals surface area contributed by atoms with Crippen LogP contribution in [0, 0.1) is 0 Å². The van der Waals surface area contributed by atoms with E-state index in [1.807, 2.05) is 37.3 Å². The Morgan fingerprint density at radius 3 is 2.50 bits per heavy atom. The Bertz CT molecular complexity index is 1610. The van der Waals surface area contributed by atoms with Crippen LogP contribution in [0.25, 0.3) is 16.6 Å². The highest BCUT2D eigenvalue weighted by atomic mass is 35.5. The van der Waals surface area contributed by atoms with E-state index >= 15 is 0 Å². The van der Waals surface area contributed by atoms with Crippen molar-refractivity contribution in [3.8, 4) is 11.4 Å². The number of methoxy groups -OCH3 is 1. The van der Waals surface area contributed by atoms with Gasteiger partial charge in [-0.2, -0.15) is 0 Å². The number of halogens is 1. The van der Waals surface area contributed by atoms with Gasteiger partial charge in [-0.05, 0) is 73.5 Å². The molecule has 2 heterocycles. The minimum absolute atomic E-state index is 0.215. The lowest BCUT2D eigenvalue weighted by Gasteiger charge is -2.30. The largest absolute Gasteiger partial charge is 0.497 e. The van der Waals surface area contributed by atoms with E-state index in [1.54, 1.807) is 71.2 Å². The second-order valence-electron chi connectivity index (χ2n) is 8.86. The topological polar surface area (TPSA) is 77.6 Å². The van der Waals surface area contributed by atoms with E-state index in [1.165, 1.54) is 6.26 Å². The van der Waals surface area contributed by atoms with Crippen LogP contribution >= 0.6 is 11.6 Å². The maximum absolute atomic E-state index is 13.8. The number of rotatable bonds is 8. The summed E-state index contributed by atoms with van der Waals surface area (Å²) in [5.41, 5.74) is 1.90. The molecule has 0 spiro atoms. The number of furan rings is 1. The van der Waals surface area contributed by atoms with Gasteiger partial charge in [0.15, 0.2) is 5.76 Å². The fraction of sp³-hybridized carbons (Fsp3) is 0.167. The number of carbonyl (C=O) groups excluding carboxylic acids is 1. The van der Waals surface area contributed by atoms with Crippen molar-refractivity contribution in [2.24, 2.45) is 0 Å². The predicted octanol–water partition coefficient (Wildman–Crippen LogP) is 6.09. The molecule has 5 aromatic rings. The Morgan fingerprint density at radius 2 is 1.82 bits per heavy atom. The van der Waals surface area contributed by atoms with Gasteiger partial charge in [-0.1, -0.05) is 41.9 Å². The first kappa shape index (κ1) is 25.3. The van der Waals surface area contributed by atoms with Gasteiger partial charge >= 0.3 is 0 Å². The zero-order valence-electron chi connectivity index (χ0n) is 21.0. The summed E-state index contributed by atoms with van der Waals surface area (Å²) in [6, 6.07) is 24.8. The lowest BCUT2D eigenvalue weighted by atomic mass is 10.1. The van der Waals surface area contributed by atoms with Crippen molar-refractivity contribution >= 4 is 28.4 Å². The van der Waals surface area contributed by atoms with Crippen LogP contribution in [0.2, 0.25) is 5.02 Å². The Kier molecular flexibility index (Phi) is 7.29. The number of fused-ring (bicyclic) bond motifs is 1. The Morgan fingerprint density at radius 1 is 1.05 bits per heavy atom. The molecule has 0 aliphatic rings. The number of amides is 1. The second kappa shape index (κ2) is 10.9. The number of carbonyl (C=O) groups is 1. The van der Waals surface area contributed by atoms with Gasteiger partial charge in [-0.15, -0.1) is 0 Å². The molecule has 0 N–H and O–H groups in total. The zero-order valence-corrected chi connectivity index (χ0v) is 21.8. The van der Waals surface area contributed by atoms with Crippen LogP contribution in [0.1, 0.15) is 34.9 Å². The van der Waals surface area contributed by atoms with E-state index in [0.29, 0.717) is 46.2 Å². The summed E-state index contributed by atoms with van der Waals surface area (Å²) in [5, 5.41) is 0.896. The summed E-state index contributed by atoms with van der Waals surface area (Å²) >= 11 is 6.25. The number of hydrogen-bond donors (Lipinski definition) is 0. The average molecular weight is 528 g/mol. The molecule has 0 saturated heterocycles. The first-order chi connectivity index (χ1) is 18.5. The van der Waals surface area contributed by atoms with Gasteiger partial charge in [0.05, 0.1) is 36.0 Å². The summed E-state index contributed by atoms with van der Waals surface area (Å²) in [6.07, 6.45) is 2.08. The third kappa shape index (κ3) is 5.06. The lowest BCUT2D eigenvalue weighted by molar-refractivity contribution is 0.0651. The molecule has 192 valence electrons. The number of ether oxygens (including phenoxy) is 1. The summed E-state index contributed by atoms with van der Waals surface area (Å²) in [5.74, 6) is 0.990. The van der Waals surface area contributed by atoms with Crippen LogP contribution in [-0.2, 0) is 6.42 Å². The van der Waals surface area contributed by atoms with Gasteiger partial charge in [0.1, 0.15) is 11.6 Å². The van der Waals surface area contributed by atoms with Gasteiger partial charge < -0.3 is 14.1 Å². The molecule has 0 saturated carbocycles. The Hall–Kier alpha value is -4.36. The molecule has 5 rings (SSSR count). The number of hydrogen-bond acceptors (Lipinski definition) is 5.